The monoisotopic (exact) mass is 186 g/mol. The smallest absolute Gasteiger partial charge is 0.0241 e. The van der Waals surface area contributed by atoms with Crippen LogP contribution in [0.15, 0.2) is 0 Å². The summed E-state index contributed by atoms with van der Waals surface area (Å²) in [4.78, 5) is 0. The zero-order chi connectivity index (χ0) is 10.3. The van der Waals surface area contributed by atoms with E-state index in [9.17, 15) is 0 Å². The lowest BCUT2D eigenvalue weighted by atomic mass is 9.87. The molecule has 2 atom stereocenters. The molecule has 0 aromatic carbocycles. The topological polar surface area (TPSA) is 38.0 Å². The van der Waals surface area contributed by atoms with Crippen LogP contribution in [0.3, 0.4) is 0 Å². The van der Waals surface area contributed by atoms with Crippen LogP contribution in [-0.2, 0) is 0 Å². The molecule has 0 radical (unpaired) electrons. The average molecular weight is 186 g/mol. The number of rotatable bonds is 7. The van der Waals surface area contributed by atoms with Crippen molar-refractivity contribution in [2.24, 2.45) is 17.7 Å². The Labute approximate surface area is 83.2 Å². The van der Waals surface area contributed by atoms with Crippen LogP contribution in [0.2, 0.25) is 0 Å². The van der Waals surface area contributed by atoms with E-state index in [1.165, 1.54) is 25.7 Å². The van der Waals surface area contributed by atoms with Crippen LogP contribution in [0, 0.1) is 11.8 Å². The molecule has 0 aliphatic carbocycles. The maximum atomic E-state index is 5.58. The van der Waals surface area contributed by atoms with Crippen LogP contribution in [0.5, 0.6) is 0 Å². The molecule has 0 saturated carbocycles. The predicted molar refractivity (Wildman–Crippen MR) is 59.3 cm³/mol. The zero-order valence-electron chi connectivity index (χ0n) is 9.64. The second kappa shape index (κ2) is 7.34. The molecule has 0 bridgehead atoms. The van der Waals surface area contributed by atoms with Crippen LogP contribution in [0.25, 0.3) is 0 Å². The van der Waals surface area contributed by atoms with E-state index in [0.717, 1.165) is 11.8 Å². The first-order valence-corrected chi connectivity index (χ1v) is 5.65. The number of nitrogens with one attached hydrogen (secondary N) is 1. The first-order valence-electron chi connectivity index (χ1n) is 5.65. The van der Waals surface area contributed by atoms with Crippen molar-refractivity contribution in [1.82, 2.24) is 5.43 Å². The van der Waals surface area contributed by atoms with Gasteiger partial charge in [-0.3, -0.25) is 11.3 Å². The summed E-state index contributed by atoms with van der Waals surface area (Å²) in [5.74, 6) is 7.09. The van der Waals surface area contributed by atoms with Gasteiger partial charge in [-0.1, -0.05) is 47.0 Å². The minimum Gasteiger partial charge on any atom is -0.271 e. The molecule has 13 heavy (non-hydrogen) atoms. The van der Waals surface area contributed by atoms with Crippen molar-refractivity contribution in [2.75, 3.05) is 0 Å². The summed E-state index contributed by atoms with van der Waals surface area (Å²) >= 11 is 0. The molecule has 0 spiro atoms. The predicted octanol–water partition coefficient (Wildman–Crippen LogP) is 2.69. The third-order valence-corrected chi connectivity index (χ3v) is 3.19. The fourth-order valence-corrected chi connectivity index (χ4v) is 1.85. The maximum Gasteiger partial charge on any atom is 0.0241 e. The number of hydrogen-bond donors (Lipinski definition) is 2. The highest BCUT2D eigenvalue weighted by molar-refractivity contribution is 4.74. The van der Waals surface area contributed by atoms with E-state index in [0.29, 0.717) is 6.04 Å². The Hall–Kier alpha value is -0.0800. The highest BCUT2D eigenvalue weighted by Crippen LogP contribution is 2.20. The third-order valence-electron chi connectivity index (χ3n) is 3.19. The standard InChI is InChI=1S/C11H26N2/c1-5-9(4)8-11(13-12)10(6-2)7-3/h9-11,13H,5-8,12H2,1-4H3. The van der Waals surface area contributed by atoms with E-state index >= 15 is 0 Å². The Morgan fingerprint density at radius 2 is 1.62 bits per heavy atom. The second-order valence-electron chi connectivity index (χ2n) is 4.10. The number of hydrogen-bond acceptors (Lipinski definition) is 2. The van der Waals surface area contributed by atoms with Crippen LogP contribution in [0.4, 0.5) is 0 Å². The van der Waals surface area contributed by atoms with Crippen LogP contribution in [0.1, 0.15) is 53.4 Å². The van der Waals surface area contributed by atoms with Gasteiger partial charge < -0.3 is 0 Å². The Bertz CT molecular complexity index is 111. The third kappa shape index (κ3) is 4.63. The van der Waals surface area contributed by atoms with Crippen LogP contribution < -0.4 is 11.3 Å². The fourth-order valence-electron chi connectivity index (χ4n) is 1.85. The molecule has 0 amide bonds. The molecule has 3 N–H and O–H groups in total. The fraction of sp³-hybridized carbons (Fsp3) is 1.00. The minimum absolute atomic E-state index is 0.505. The lowest BCUT2D eigenvalue weighted by molar-refractivity contribution is 0.284. The van der Waals surface area contributed by atoms with Crippen molar-refractivity contribution < 1.29 is 0 Å². The second-order valence-corrected chi connectivity index (χ2v) is 4.10. The molecule has 0 aliphatic heterocycles. The summed E-state index contributed by atoms with van der Waals surface area (Å²) in [6, 6.07) is 0.505. The summed E-state index contributed by atoms with van der Waals surface area (Å²) in [7, 11) is 0. The largest absolute Gasteiger partial charge is 0.271 e. The van der Waals surface area contributed by atoms with E-state index in [4.69, 9.17) is 5.84 Å². The van der Waals surface area contributed by atoms with Gasteiger partial charge in [0.1, 0.15) is 0 Å². The lowest BCUT2D eigenvalue weighted by Crippen LogP contribution is -2.41. The highest BCUT2D eigenvalue weighted by Gasteiger charge is 2.18. The first-order chi connectivity index (χ1) is 6.19. The summed E-state index contributed by atoms with van der Waals surface area (Å²) < 4.78 is 0. The Morgan fingerprint density at radius 1 is 1.08 bits per heavy atom. The average Bonchev–Trinajstić information content (AvgIpc) is 2.17. The SMILES string of the molecule is CCC(C)CC(NN)C(CC)CC. The zero-order valence-corrected chi connectivity index (χ0v) is 9.64. The molecule has 2 unspecified atom stereocenters. The molecule has 80 valence electrons. The molecular formula is C11H26N2. The van der Waals surface area contributed by atoms with Gasteiger partial charge >= 0.3 is 0 Å². The van der Waals surface area contributed by atoms with Gasteiger partial charge in [-0.15, -0.1) is 0 Å². The molecule has 0 fully saturated rings. The van der Waals surface area contributed by atoms with Gasteiger partial charge in [0.15, 0.2) is 0 Å². The lowest BCUT2D eigenvalue weighted by Gasteiger charge is -2.26. The molecule has 2 nitrogen and oxygen atoms in total. The molecular weight excluding hydrogens is 160 g/mol. The van der Waals surface area contributed by atoms with Crippen molar-refractivity contribution in [3.05, 3.63) is 0 Å². The van der Waals surface area contributed by atoms with E-state index in [1.807, 2.05) is 0 Å². The molecule has 0 saturated heterocycles. The normalized spacial score (nSPS) is 16.2. The Kier molecular flexibility index (Phi) is 7.29. The van der Waals surface area contributed by atoms with E-state index < -0.39 is 0 Å². The van der Waals surface area contributed by atoms with Crippen molar-refractivity contribution in [3.8, 4) is 0 Å². The highest BCUT2D eigenvalue weighted by atomic mass is 15.2. The molecule has 0 aliphatic rings. The van der Waals surface area contributed by atoms with Gasteiger partial charge in [-0.25, -0.2) is 0 Å². The molecule has 0 rings (SSSR count). The molecule has 0 aromatic heterocycles. The van der Waals surface area contributed by atoms with Gasteiger partial charge in [0.2, 0.25) is 0 Å². The molecule has 2 heteroatoms. The Balaban J connectivity index is 3.98. The number of hydrazine groups is 1. The minimum atomic E-state index is 0.505. The summed E-state index contributed by atoms with van der Waals surface area (Å²) in [6.45, 7) is 9.03. The van der Waals surface area contributed by atoms with E-state index in [2.05, 4.69) is 33.1 Å². The molecule has 0 aromatic rings. The molecule has 0 heterocycles. The maximum absolute atomic E-state index is 5.58. The Morgan fingerprint density at radius 3 is 1.92 bits per heavy atom. The quantitative estimate of drug-likeness (QED) is 0.474. The van der Waals surface area contributed by atoms with E-state index in [-0.39, 0.29) is 0 Å². The van der Waals surface area contributed by atoms with Crippen LogP contribution in [-0.4, -0.2) is 6.04 Å². The van der Waals surface area contributed by atoms with Crippen molar-refractivity contribution >= 4 is 0 Å². The summed E-state index contributed by atoms with van der Waals surface area (Å²) in [5.41, 5.74) is 2.97. The van der Waals surface area contributed by atoms with Gasteiger partial charge in [0.25, 0.3) is 0 Å². The van der Waals surface area contributed by atoms with Crippen molar-refractivity contribution in [3.63, 3.8) is 0 Å². The van der Waals surface area contributed by atoms with Crippen molar-refractivity contribution in [1.29, 1.82) is 0 Å². The van der Waals surface area contributed by atoms with E-state index in [1.54, 1.807) is 0 Å². The first kappa shape index (κ1) is 12.9. The number of nitrogens with two attached hydrogens (primary N) is 1. The van der Waals surface area contributed by atoms with Crippen LogP contribution >= 0.6 is 0 Å². The van der Waals surface area contributed by atoms with Gasteiger partial charge in [-0.05, 0) is 18.3 Å². The summed E-state index contributed by atoms with van der Waals surface area (Å²) in [6.07, 6.45) is 4.90. The van der Waals surface area contributed by atoms with Gasteiger partial charge in [-0.2, -0.15) is 0 Å². The summed E-state index contributed by atoms with van der Waals surface area (Å²) in [5, 5.41) is 0. The van der Waals surface area contributed by atoms with Gasteiger partial charge in [0.05, 0.1) is 0 Å². The van der Waals surface area contributed by atoms with Crippen molar-refractivity contribution in [2.45, 2.75) is 59.4 Å². The van der Waals surface area contributed by atoms with Gasteiger partial charge in [0, 0.05) is 6.04 Å².